The number of nitrogens with one attached hydrogen (secondary N) is 1. The molecule has 1 saturated carbocycles. The van der Waals surface area contributed by atoms with Gasteiger partial charge in [0.15, 0.2) is 6.20 Å². The summed E-state index contributed by atoms with van der Waals surface area (Å²) >= 11 is 0. The van der Waals surface area contributed by atoms with Gasteiger partial charge >= 0.3 is 5.82 Å². The molecule has 0 radical (unpaired) electrons. The van der Waals surface area contributed by atoms with E-state index in [4.69, 9.17) is 4.84 Å². The van der Waals surface area contributed by atoms with Crippen LogP contribution in [-0.4, -0.2) is 24.4 Å². The van der Waals surface area contributed by atoms with Gasteiger partial charge in [0.25, 0.3) is 10.0 Å². The van der Waals surface area contributed by atoms with Crippen LogP contribution in [0.1, 0.15) is 25.7 Å². The van der Waals surface area contributed by atoms with E-state index in [1.165, 1.54) is 0 Å². The lowest BCUT2D eigenvalue weighted by atomic mass is 10.3. The van der Waals surface area contributed by atoms with E-state index in [1.807, 2.05) is 4.89 Å². The van der Waals surface area contributed by atoms with Gasteiger partial charge < -0.3 is 10.1 Å². The third-order valence-electron chi connectivity index (χ3n) is 2.84. The molecule has 0 saturated heterocycles. The maximum atomic E-state index is 11.8. The van der Waals surface area contributed by atoms with Crippen molar-refractivity contribution >= 4 is 15.8 Å². The summed E-state index contributed by atoms with van der Waals surface area (Å²) in [5.74, 6) is -0.407. The first-order chi connectivity index (χ1) is 8.99. The highest BCUT2D eigenvalue weighted by Crippen LogP contribution is 2.20. The molecule has 1 fully saturated rings. The second kappa shape index (κ2) is 5.59. The number of aromatic nitrogens is 1. The number of pyridine rings is 1. The van der Waals surface area contributed by atoms with E-state index in [0.717, 1.165) is 44.0 Å². The van der Waals surface area contributed by atoms with Gasteiger partial charge in [-0.2, -0.15) is 0 Å². The van der Waals surface area contributed by atoms with Crippen molar-refractivity contribution in [2.75, 3.05) is 0 Å². The Balaban J connectivity index is 2.03. The summed E-state index contributed by atoms with van der Waals surface area (Å²) < 4.78 is 23.6. The van der Waals surface area contributed by atoms with Crippen molar-refractivity contribution in [1.82, 2.24) is 9.87 Å². The van der Waals surface area contributed by atoms with E-state index in [9.17, 15) is 18.5 Å². The van der Waals surface area contributed by atoms with Crippen LogP contribution < -0.4 is 4.89 Å². The molecule has 8 nitrogen and oxygen atoms in total. The van der Waals surface area contributed by atoms with Crippen molar-refractivity contribution in [3.63, 3.8) is 0 Å². The molecule has 1 aliphatic carbocycles. The van der Waals surface area contributed by atoms with Crippen molar-refractivity contribution < 1.29 is 18.2 Å². The van der Waals surface area contributed by atoms with Crippen molar-refractivity contribution in [2.24, 2.45) is 0 Å². The molecule has 0 bridgehead atoms. The summed E-state index contributed by atoms with van der Waals surface area (Å²) in [5.41, 5.74) is 0. The second-order valence-corrected chi connectivity index (χ2v) is 5.87. The van der Waals surface area contributed by atoms with Crippen LogP contribution in [0, 0.1) is 10.1 Å². The van der Waals surface area contributed by atoms with Crippen molar-refractivity contribution in [3.05, 3.63) is 28.4 Å². The highest BCUT2D eigenvalue weighted by Gasteiger charge is 2.22. The zero-order valence-electron chi connectivity index (χ0n) is 9.98. The van der Waals surface area contributed by atoms with Gasteiger partial charge in [0, 0.05) is 6.07 Å². The van der Waals surface area contributed by atoms with E-state index in [1.54, 1.807) is 0 Å². The molecule has 0 spiro atoms. The molecule has 19 heavy (non-hydrogen) atoms. The second-order valence-electron chi connectivity index (χ2n) is 4.22. The first kappa shape index (κ1) is 13.8. The van der Waals surface area contributed by atoms with Gasteiger partial charge in [-0.15, -0.1) is 0 Å². The summed E-state index contributed by atoms with van der Waals surface area (Å²) in [6, 6.07) is 2.15. The molecule has 1 heterocycles. The molecule has 1 N–H and O–H groups in total. The summed E-state index contributed by atoms with van der Waals surface area (Å²) in [6.45, 7) is 0. The fourth-order valence-corrected chi connectivity index (χ4v) is 2.62. The third kappa shape index (κ3) is 3.46. The third-order valence-corrected chi connectivity index (χ3v) is 4.02. The highest BCUT2D eigenvalue weighted by molar-refractivity contribution is 7.89. The van der Waals surface area contributed by atoms with Crippen LogP contribution in [0.3, 0.4) is 0 Å². The van der Waals surface area contributed by atoms with E-state index in [2.05, 4.69) is 4.98 Å². The molecule has 0 aromatic carbocycles. The van der Waals surface area contributed by atoms with Crippen molar-refractivity contribution in [1.29, 1.82) is 0 Å². The number of rotatable bonds is 5. The Morgan fingerprint density at radius 2 is 2.05 bits per heavy atom. The topological polar surface area (TPSA) is 111 Å². The Kier molecular flexibility index (Phi) is 4.08. The van der Waals surface area contributed by atoms with E-state index < -0.39 is 20.8 Å². The van der Waals surface area contributed by atoms with Crippen LogP contribution in [0.25, 0.3) is 0 Å². The maximum absolute atomic E-state index is 11.8. The van der Waals surface area contributed by atoms with E-state index >= 15 is 0 Å². The van der Waals surface area contributed by atoms with Crippen LogP contribution >= 0.6 is 0 Å². The summed E-state index contributed by atoms with van der Waals surface area (Å²) in [7, 11) is -3.85. The monoisotopic (exact) mass is 287 g/mol. The van der Waals surface area contributed by atoms with Crippen LogP contribution in [0.5, 0.6) is 0 Å². The SMILES string of the molecule is O=[N+]([O-])c1ccc(S(=O)(=O)NOC2CCCC2)cn1. The van der Waals surface area contributed by atoms with Crippen molar-refractivity contribution in [2.45, 2.75) is 36.7 Å². The van der Waals surface area contributed by atoms with Gasteiger partial charge in [-0.05, 0) is 28.8 Å². The minimum Gasteiger partial charge on any atom is -0.358 e. The van der Waals surface area contributed by atoms with Crippen molar-refractivity contribution in [3.8, 4) is 0 Å². The lowest BCUT2D eigenvalue weighted by Crippen LogP contribution is -2.28. The Morgan fingerprint density at radius 3 is 2.58 bits per heavy atom. The van der Waals surface area contributed by atoms with Gasteiger partial charge in [-0.1, -0.05) is 17.7 Å². The van der Waals surface area contributed by atoms with Gasteiger partial charge in [0.05, 0.1) is 6.10 Å². The summed E-state index contributed by atoms with van der Waals surface area (Å²) in [4.78, 5) is 20.1. The molecule has 1 aromatic rings. The lowest BCUT2D eigenvalue weighted by molar-refractivity contribution is -0.389. The molecule has 9 heteroatoms. The van der Waals surface area contributed by atoms with Crippen LogP contribution in [0.2, 0.25) is 0 Å². The minimum atomic E-state index is -3.85. The van der Waals surface area contributed by atoms with E-state index in [0.29, 0.717) is 0 Å². The Bertz CT molecular complexity index is 551. The predicted molar refractivity (Wildman–Crippen MR) is 64.6 cm³/mol. The van der Waals surface area contributed by atoms with Gasteiger partial charge in [0.2, 0.25) is 0 Å². The van der Waals surface area contributed by atoms with Crippen LogP contribution in [0.15, 0.2) is 23.2 Å². The van der Waals surface area contributed by atoms with Crippen LogP contribution in [-0.2, 0) is 14.9 Å². The fraction of sp³-hybridized carbons (Fsp3) is 0.500. The molecule has 1 aromatic heterocycles. The Hall–Kier alpha value is -1.58. The highest BCUT2D eigenvalue weighted by atomic mass is 32.2. The minimum absolute atomic E-state index is 0.110. The fourth-order valence-electron chi connectivity index (χ4n) is 1.83. The van der Waals surface area contributed by atoms with Gasteiger partial charge in [-0.3, -0.25) is 4.84 Å². The Morgan fingerprint density at radius 1 is 1.37 bits per heavy atom. The van der Waals surface area contributed by atoms with Gasteiger partial charge in [0.1, 0.15) is 4.90 Å². The first-order valence-electron chi connectivity index (χ1n) is 5.77. The Labute approximate surface area is 110 Å². The predicted octanol–water partition coefficient (Wildman–Crippen LogP) is 1.14. The molecule has 0 aliphatic heterocycles. The average molecular weight is 287 g/mol. The molecule has 1 aliphatic rings. The molecular weight excluding hydrogens is 274 g/mol. The zero-order chi connectivity index (χ0) is 13.9. The molecule has 2 rings (SSSR count). The van der Waals surface area contributed by atoms with E-state index in [-0.39, 0.29) is 11.0 Å². The number of sulfonamides is 1. The molecule has 0 amide bonds. The summed E-state index contributed by atoms with van der Waals surface area (Å²) in [5, 5.41) is 10.4. The van der Waals surface area contributed by atoms with Gasteiger partial charge in [-0.25, -0.2) is 8.42 Å². The smallest absolute Gasteiger partial charge is 0.358 e. The standard InChI is InChI=1S/C10H13N3O5S/c14-13(15)10-6-5-9(7-11-10)19(16,17)12-18-8-3-1-2-4-8/h5-8,12H,1-4H2. The normalized spacial score (nSPS) is 16.6. The summed E-state index contributed by atoms with van der Waals surface area (Å²) in [6.07, 6.45) is 4.50. The number of hydrogen-bond acceptors (Lipinski definition) is 6. The maximum Gasteiger partial charge on any atom is 0.363 e. The first-order valence-corrected chi connectivity index (χ1v) is 7.25. The average Bonchev–Trinajstić information content (AvgIpc) is 2.90. The molecular formula is C10H13N3O5S. The van der Waals surface area contributed by atoms with Crippen LogP contribution in [0.4, 0.5) is 5.82 Å². The molecule has 0 unspecified atom stereocenters. The number of nitrogens with zero attached hydrogens (tertiary/aromatic N) is 2. The number of nitro groups is 1. The largest absolute Gasteiger partial charge is 0.363 e. The molecule has 104 valence electrons. The quantitative estimate of drug-likeness (QED) is 0.642. The zero-order valence-corrected chi connectivity index (χ0v) is 10.8. The lowest BCUT2D eigenvalue weighted by Gasteiger charge is -2.11. The molecule has 0 atom stereocenters. The number of hydrogen-bond donors (Lipinski definition) is 1.